The van der Waals surface area contributed by atoms with Gasteiger partial charge in [0, 0.05) is 26.1 Å². The molecule has 0 aliphatic carbocycles. The maximum Gasteiger partial charge on any atom is 0.417 e. The zero-order chi connectivity index (χ0) is 44.3. The molecule has 0 saturated heterocycles. The summed E-state index contributed by atoms with van der Waals surface area (Å²) in [6.45, 7) is 14.3. The number of hydrogen-bond donors (Lipinski definition) is 0. The highest BCUT2D eigenvalue weighted by Gasteiger charge is 2.33. The standard InChI is InChI=1S/C50H94O10/c1-7-13-17-19-23-29-35-43(57-41-15-9-3)46(38-32-26-22-28-34-40-48(52)56-12-6)60-50(54)49(53)59-45(37-31-24-20-18-14-8-2)44(58-42-16-10-4)36-30-25-21-27-33-39-47(51)55-11-5/h43-46H,7-42H2,1-6H3. The molecule has 0 aromatic rings. The van der Waals surface area contributed by atoms with Gasteiger partial charge in [-0.3, -0.25) is 9.59 Å². The molecule has 4 atom stereocenters. The molecule has 0 spiro atoms. The monoisotopic (exact) mass is 855 g/mol. The Labute approximate surface area is 368 Å². The lowest BCUT2D eigenvalue weighted by molar-refractivity contribution is -0.184. The lowest BCUT2D eigenvalue weighted by atomic mass is 9.98. The molecule has 0 aromatic heterocycles. The van der Waals surface area contributed by atoms with Crippen molar-refractivity contribution in [3.8, 4) is 0 Å². The van der Waals surface area contributed by atoms with E-state index < -0.39 is 24.1 Å². The molecule has 10 nitrogen and oxygen atoms in total. The van der Waals surface area contributed by atoms with E-state index in [4.69, 9.17) is 28.4 Å². The van der Waals surface area contributed by atoms with Crippen LogP contribution in [0.3, 0.4) is 0 Å². The summed E-state index contributed by atoms with van der Waals surface area (Å²) >= 11 is 0. The van der Waals surface area contributed by atoms with Crippen molar-refractivity contribution >= 4 is 23.9 Å². The lowest BCUT2D eigenvalue weighted by Gasteiger charge is -2.29. The first-order valence-electron chi connectivity index (χ1n) is 25.2. The van der Waals surface area contributed by atoms with Gasteiger partial charge in [-0.05, 0) is 78.1 Å². The van der Waals surface area contributed by atoms with Crippen LogP contribution in [0.15, 0.2) is 0 Å². The first kappa shape index (κ1) is 57.8. The molecule has 4 unspecified atom stereocenters. The molecule has 10 heteroatoms. The van der Waals surface area contributed by atoms with Crippen LogP contribution in [0.25, 0.3) is 0 Å². The molecule has 0 heterocycles. The minimum absolute atomic E-state index is 0.136. The fraction of sp³-hybridized carbons (Fsp3) is 0.920. The Hall–Kier alpha value is -2.20. The van der Waals surface area contributed by atoms with Crippen LogP contribution >= 0.6 is 0 Å². The van der Waals surface area contributed by atoms with E-state index in [1.807, 2.05) is 13.8 Å². The third-order valence-electron chi connectivity index (χ3n) is 11.2. The van der Waals surface area contributed by atoms with Gasteiger partial charge in [0.2, 0.25) is 0 Å². The molecule has 0 N–H and O–H groups in total. The van der Waals surface area contributed by atoms with Crippen LogP contribution in [-0.2, 0) is 47.6 Å². The van der Waals surface area contributed by atoms with Gasteiger partial charge < -0.3 is 28.4 Å². The van der Waals surface area contributed by atoms with E-state index in [0.29, 0.717) is 52.1 Å². The Balaban J connectivity index is 5.91. The number of carbonyl (C=O) groups is 4. The predicted molar refractivity (Wildman–Crippen MR) is 243 cm³/mol. The fourth-order valence-electron chi connectivity index (χ4n) is 7.53. The van der Waals surface area contributed by atoms with Gasteiger partial charge in [-0.1, -0.05) is 156 Å². The Kier molecular flexibility index (Phi) is 41.9. The molecule has 0 saturated carbocycles. The van der Waals surface area contributed by atoms with Gasteiger partial charge in [0.05, 0.1) is 25.4 Å². The Bertz CT molecular complexity index is 1000. The summed E-state index contributed by atoms with van der Waals surface area (Å²) in [6, 6.07) is 0. The predicted octanol–water partition coefficient (Wildman–Crippen LogP) is 13.3. The Morgan fingerprint density at radius 3 is 0.933 bits per heavy atom. The molecule has 0 amide bonds. The van der Waals surface area contributed by atoms with E-state index in [1.165, 1.54) is 44.9 Å². The summed E-state index contributed by atoms with van der Waals surface area (Å²) in [5.74, 6) is -2.17. The lowest BCUT2D eigenvalue weighted by Crippen LogP contribution is -2.40. The number of carbonyl (C=O) groups excluding carboxylic acids is 4. The molecular weight excluding hydrogens is 761 g/mol. The summed E-state index contributed by atoms with van der Waals surface area (Å²) in [6.07, 6.45) is 28.5. The third kappa shape index (κ3) is 34.4. The van der Waals surface area contributed by atoms with Gasteiger partial charge in [-0.15, -0.1) is 0 Å². The fourth-order valence-corrected chi connectivity index (χ4v) is 7.53. The molecule has 0 bridgehead atoms. The van der Waals surface area contributed by atoms with E-state index in [0.717, 1.165) is 135 Å². The van der Waals surface area contributed by atoms with Gasteiger partial charge in [0.1, 0.15) is 12.2 Å². The number of ether oxygens (including phenoxy) is 6. The highest BCUT2D eigenvalue weighted by atomic mass is 16.6. The van der Waals surface area contributed by atoms with Crippen molar-refractivity contribution in [2.45, 2.75) is 271 Å². The smallest absolute Gasteiger partial charge is 0.417 e. The quantitative estimate of drug-likeness (QED) is 0.0253. The van der Waals surface area contributed by atoms with Crippen LogP contribution in [0.2, 0.25) is 0 Å². The van der Waals surface area contributed by atoms with Crippen LogP contribution < -0.4 is 0 Å². The first-order chi connectivity index (χ1) is 29.3. The van der Waals surface area contributed by atoms with E-state index >= 15 is 0 Å². The summed E-state index contributed by atoms with van der Waals surface area (Å²) in [5, 5.41) is 0. The molecule has 0 rings (SSSR count). The van der Waals surface area contributed by atoms with Crippen molar-refractivity contribution in [3.63, 3.8) is 0 Å². The molecule has 60 heavy (non-hydrogen) atoms. The first-order valence-corrected chi connectivity index (χ1v) is 25.2. The summed E-state index contributed by atoms with van der Waals surface area (Å²) < 4.78 is 35.3. The molecule has 0 aliphatic rings. The molecule has 354 valence electrons. The molecule has 0 fully saturated rings. The van der Waals surface area contributed by atoms with Gasteiger partial charge in [0.25, 0.3) is 0 Å². The van der Waals surface area contributed by atoms with Crippen molar-refractivity contribution < 1.29 is 47.6 Å². The van der Waals surface area contributed by atoms with Gasteiger partial charge in [-0.25, -0.2) is 9.59 Å². The number of hydrogen-bond acceptors (Lipinski definition) is 10. The van der Waals surface area contributed by atoms with Gasteiger partial charge >= 0.3 is 23.9 Å². The highest BCUT2D eigenvalue weighted by molar-refractivity contribution is 6.29. The maximum atomic E-state index is 13.8. The number of unbranched alkanes of at least 4 members (excludes halogenated alkanes) is 20. The van der Waals surface area contributed by atoms with Crippen molar-refractivity contribution in [2.75, 3.05) is 26.4 Å². The van der Waals surface area contributed by atoms with Crippen LogP contribution in [0.5, 0.6) is 0 Å². The van der Waals surface area contributed by atoms with Crippen molar-refractivity contribution in [1.82, 2.24) is 0 Å². The average Bonchev–Trinajstić information content (AvgIpc) is 3.23. The van der Waals surface area contributed by atoms with Crippen LogP contribution in [0, 0.1) is 0 Å². The minimum Gasteiger partial charge on any atom is -0.466 e. The van der Waals surface area contributed by atoms with Crippen molar-refractivity contribution in [2.24, 2.45) is 0 Å². The van der Waals surface area contributed by atoms with Crippen molar-refractivity contribution in [3.05, 3.63) is 0 Å². The zero-order valence-corrected chi connectivity index (χ0v) is 39.8. The second-order valence-corrected chi connectivity index (χ2v) is 16.7. The Morgan fingerprint density at radius 1 is 0.333 bits per heavy atom. The normalized spacial score (nSPS) is 13.4. The van der Waals surface area contributed by atoms with Crippen LogP contribution in [0.4, 0.5) is 0 Å². The topological polar surface area (TPSA) is 124 Å². The van der Waals surface area contributed by atoms with E-state index in [-0.39, 0.29) is 24.1 Å². The van der Waals surface area contributed by atoms with E-state index in [2.05, 4.69) is 27.7 Å². The van der Waals surface area contributed by atoms with Crippen molar-refractivity contribution in [1.29, 1.82) is 0 Å². The third-order valence-corrected chi connectivity index (χ3v) is 11.2. The van der Waals surface area contributed by atoms with Crippen LogP contribution in [-0.4, -0.2) is 74.7 Å². The molecule has 0 radical (unpaired) electrons. The SMILES string of the molecule is CCCCCCCCC(OCCCC)C(CCCCCCCC(=O)OCC)OC(=O)C(=O)OC(CCCCCCCC)C(CCCCCCCC(=O)OCC)OCCCC. The van der Waals surface area contributed by atoms with E-state index in [9.17, 15) is 19.2 Å². The second-order valence-electron chi connectivity index (χ2n) is 16.7. The van der Waals surface area contributed by atoms with Crippen LogP contribution in [0.1, 0.15) is 247 Å². The molecule has 0 aromatic carbocycles. The summed E-state index contributed by atoms with van der Waals surface area (Å²) in [7, 11) is 0. The zero-order valence-electron chi connectivity index (χ0n) is 39.8. The summed E-state index contributed by atoms with van der Waals surface area (Å²) in [5.41, 5.74) is 0. The Morgan fingerprint density at radius 2 is 0.617 bits per heavy atom. The minimum atomic E-state index is -0.941. The number of rotatable bonds is 44. The highest BCUT2D eigenvalue weighted by Crippen LogP contribution is 2.24. The van der Waals surface area contributed by atoms with E-state index in [1.54, 1.807) is 0 Å². The second kappa shape index (κ2) is 43.4. The maximum absolute atomic E-state index is 13.8. The average molecular weight is 855 g/mol. The van der Waals surface area contributed by atoms with Gasteiger partial charge in [-0.2, -0.15) is 0 Å². The largest absolute Gasteiger partial charge is 0.466 e. The number of esters is 4. The molecule has 0 aliphatic heterocycles. The summed E-state index contributed by atoms with van der Waals surface area (Å²) in [4.78, 5) is 51.1. The molecular formula is C50H94O10. The van der Waals surface area contributed by atoms with Gasteiger partial charge in [0.15, 0.2) is 0 Å².